The number of hydrogen-bond donors (Lipinski definition) is 2. The number of nitrogens with zero attached hydrogens (tertiary/aromatic N) is 1. The van der Waals surface area contributed by atoms with E-state index < -0.39 is 0 Å². The third kappa shape index (κ3) is 1.39. The summed E-state index contributed by atoms with van der Waals surface area (Å²) in [4.78, 5) is 26.4. The number of carbonyl (C=O) groups is 2. The van der Waals surface area contributed by atoms with Crippen LogP contribution in [0.4, 0.5) is 0 Å². The monoisotopic (exact) mass is 271 g/mol. The molecule has 104 valence electrons. The Labute approximate surface area is 117 Å². The Kier molecular flexibility index (Phi) is 2.35. The zero-order chi connectivity index (χ0) is 13.9. The average Bonchev–Trinajstić information content (AvgIpc) is 2.87. The van der Waals surface area contributed by atoms with E-state index in [4.69, 9.17) is 5.73 Å². The number of hydrogen-bond acceptors (Lipinski definition) is 4. The Bertz CT molecular complexity index is 574. The molecule has 0 unspecified atom stereocenters. The van der Waals surface area contributed by atoms with Crippen molar-refractivity contribution >= 4 is 11.8 Å². The van der Waals surface area contributed by atoms with Crippen molar-refractivity contribution < 1.29 is 9.59 Å². The second-order valence-corrected chi connectivity index (χ2v) is 6.19. The number of nitrogens with two attached hydrogens (primary N) is 1. The van der Waals surface area contributed by atoms with Crippen molar-refractivity contribution in [1.82, 2.24) is 10.2 Å². The molecule has 0 bridgehead atoms. The maximum atomic E-state index is 12.5. The van der Waals surface area contributed by atoms with Gasteiger partial charge in [0.2, 0.25) is 0 Å². The van der Waals surface area contributed by atoms with Crippen LogP contribution in [0.2, 0.25) is 0 Å². The van der Waals surface area contributed by atoms with E-state index in [1.54, 1.807) is 24.3 Å². The van der Waals surface area contributed by atoms with E-state index in [1.165, 1.54) is 4.90 Å². The van der Waals surface area contributed by atoms with E-state index in [-0.39, 0.29) is 29.3 Å². The Balaban J connectivity index is 1.65. The quantitative estimate of drug-likeness (QED) is 0.723. The van der Waals surface area contributed by atoms with Crippen molar-refractivity contribution in [3.8, 4) is 0 Å². The zero-order valence-corrected chi connectivity index (χ0v) is 11.1. The van der Waals surface area contributed by atoms with Crippen molar-refractivity contribution in [3.63, 3.8) is 0 Å². The Morgan fingerprint density at radius 3 is 2.20 bits per heavy atom. The number of nitrogens with one attached hydrogen (secondary N) is 1. The molecule has 0 radical (unpaired) electrons. The smallest absolute Gasteiger partial charge is 0.261 e. The van der Waals surface area contributed by atoms with E-state index in [0.29, 0.717) is 17.5 Å². The van der Waals surface area contributed by atoms with Crippen molar-refractivity contribution in [2.45, 2.75) is 24.9 Å². The standard InChI is InChI=1S/C15H17N3O2/c16-12-5-9(6-15(12)7-17-8-15)18-13(19)10-3-1-2-4-11(10)14(18)20/h1-4,9,12,17H,5-8,16H2/t9-,12-/m1/s1. The molecule has 2 aliphatic heterocycles. The van der Waals surface area contributed by atoms with Gasteiger partial charge in [-0.2, -0.15) is 0 Å². The first kappa shape index (κ1) is 12.1. The molecule has 3 N–H and O–H groups in total. The van der Waals surface area contributed by atoms with Crippen LogP contribution in [-0.4, -0.2) is 41.9 Å². The second-order valence-electron chi connectivity index (χ2n) is 6.19. The number of fused-ring (bicyclic) bond motifs is 1. The highest BCUT2D eigenvalue weighted by Gasteiger charge is 2.53. The summed E-state index contributed by atoms with van der Waals surface area (Å²) in [5, 5.41) is 3.26. The lowest BCUT2D eigenvalue weighted by Crippen LogP contribution is -2.60. The minimum absolute atomic E-state index is 0.0560. The topological polar surface area (TPSA) is 75.4 Å². The molecular weight excluding hydrogens is 254 g/mol. The van der Waals surface area contributed by atoms with Crippen LogP contribution in [0.15, 0.2) is 24.3 Å². The van der Waals surface area contributed by atoms with E-state index in [2.05, 4.69) is 5.32 Å². The summed E-state index contributed by atoms with van der Waals surface area (Å²) >= 11 is 0. The van der Waals surface area contributed by atoms with Crippen molar-refractivity contribution in [2.24, 2.45) is 11.1 Å². The van der Waals surface area contributed by atoms with Gasteiger partial charge in [-0.1, -0.05) is 12.1 Å². The molecule has 2 amide bonds. The predicted molar refractivity (Wildman–Crippen MR) is 73.2 cm³/mol. The number of benzene rings is 1. The van der Waals surface area contributed by atoms with Gasteiger partial charge in [-0.3, -0.25) is 14.5 Å². The van der Waals surface area contributed by atoms with Crippen molar-refractivity contribution in [1.29, 1.82) is 0 Å². The summed E-state index contributed by atoms with van der Waals surface area (Å²) in [6.07, 6.45) is 1.54. The molecule has 1 aliphatic carbocycles. The van der Waals surface area contributed by atoms with E-state index in [0.717, 1.165) is 19.5 Å². The first-order valence-corrected chi connectivity index (χ1v) is 7.06. The largest absolute Gasteiger partial charge is 0.327 e. The highest BCUT2D eigenvalue weighted by molar-refractivity contribution is 6.21. The molecule has 2 fully saturated rings. The molecule has 4 rings (SSSR count). The molecule has 2 heterocycles. The van der Waals surface area contributed by atoms with Gasteiger partial charge in [0, 0.05) is 30.6 Å². The van der Waals surface area contributed by atoms with Crippen LogP contribution in [0, 0.1) is 5.41 Å². The lowest BCUT2D eigenvalue weighted by molar-refractivity contribution is 0.0565. The van der Waals surface area contributed by atoms with Gasteiger partial charge in [-0.15, -0.1) is 0 Å². The van der Waals surface area contributed by atoms with Gasteiger partial charge < -0.3 is 11.1 Å². The van der Waals surface area contributed by atoms with Gasteiger partial charge >= 0.3 is 0 Å². The summed E-state index contributed by atoms with van der Waals surface area (Å²) in [5.41, 5.74) is 7.38. The summed E-state index contributed by atoms with van der Waals surface area (Å²) in [6.45, 7) is 1.79. The highest BCUT2D eigenvalue weighted by Crippen LogP contribution is 2.44. The molecule has 3 aliphatic rings. The maximum Gasteiger partial charge on any atom is 0.261 e. The number of rotatable bonds is 1. The van der Waals surface area contributed by atoms with E-state index in [1.807, 2.05) is 0 Å². The third-order valence-corrected chi connectivity index (χ3v) is 5.10. The molecule has 1 aromatic carbocycles. The molecule has 2 atom stereocenters. The SMILES string of the molecule is N[C@@H]1C[C@@H](N2C(=O)c3ccccc3C2=O)CC12CNC2. The lowest BCUT2D eigenvalue weighted by Gasteiger charge is -2.43. The maximum absolute atomic E-state index is 12.5. The van der Waals surface area contributed by atoms with E-state index >= 15 is 0 Å². The van der Waals surface area contributed by atoms with Gasteiger partial charge in [-0.25, -0.2) is 0 Å². The molecule has 1 saturated heterocycles. The van der Waals surface area contributed by atoms with E-state index in [9.17, 15) is 9.59 Å². The summed E-state index contributed by atoms with van der Waals surface area (Å²) in [6, 6.07) is 7.06. The van der Waals surface area contributed by atoms with Crippen LogP contribution in [0.3, 0.4) is 0 Å². The van der Waals surface area contributed by atoms with Crippen LogP contribution >= 0.6 is 0 Å². The molecule has 1 saturated carbocycles. The summed E-state index contributed by atoms with van der Waals surface area (Å²) < 4.78 is 0. The van der Waals surface area contributed by atoms with Crippen LogP contribution in [-0.2, 0) is 0 Å². The molecule has 1 spiro atoms. The number of imide groups is 1. The second kappa shape index (κ2) is 3.90. The van der Waals surface area contributed by atoms with Crippen molar-refractivity contribution in [2.75, 3.05) is 13.1 Å². The van der Waals surface area contributed by atoms with Gasteiger partial charge in [0.1, 0.15) is 0 Å². The molecular formula is C15H17N3O2. The van der Waals surface area contributed by atoms with Gasteiger partial charge in [-0.05, 0) is 25.0 Å². The van der Waals surface area contributed by atoms with Gasteiger partial charge in [0.05, 0.1) is 11.1 Å². The normalized spacial score (nSPS) is 30.8. The van der Waals surface area contributed by atoms with Crippen LogP contribution < -0.4 is 11.1 Å². The fourth-order valence-electron chi connectivity index (χ4n) is 3.84. The molecule has 20 heavy (non-hydrogen) atoms. The summed E-state index contributed by atoms with van der Waals surface area (Å²) in [7, 11) is 0. The van der Waals surface area contributed by atoms with Crippen molar-refractivity contribution in [3.05, 3.63) is 35.4 Å². The van der Waals surface area contributed by atoms with Gasteiger partial charge in [0.25, 0.3) is 11.8 Å². The fraction of sp³-hybridized carbons (Fsp3) is 0.467. The summed E-state index contributed by atoms with van der Waals surface area (Å²) in [5.74, 6) is -0.320. The van der Waals surface area contributed by atoms with Crippen LogP contribution in [0.25, 0.3) is 0 Å². The zero-order valence-electron chi connectivity index (χ0n) is 11.1. The Hall–Kier alpha value is -1.72. The molecule has 0 aromatic heterocycles. The minimum Gasteiger partial charge on any atom is -0.327 e. The number of amides is 2. The minimum atomic E-state index is -0.160. The first-order valence-electron chi connectivity index (χ1n) is 7.06. The first-order chi connectivity index (χ1) is 9.62. The molecule has 5 nitrogen and oxygen atoms in total. The number of carbonyl (C=O) groups excluding carboxylic acids is 2. The van der Waals surface area contributed by atoms with Crippen LogP contribution in [0.5, 0.6) is 0 Å². The Morgan fingerprint density at radius 1 is 1.15 bits per heavy atom. The lowest BCUT2D eigenvalue weighted by atomic mass is 9.77. The van der Waals surface area contributed by atoms with Gasteiger partial charge in [0.15, 0.2) is 0 Å². The van der Waals surface area contributed by atoms with Crippen LogP contribution in [0.1, 0.15) is 33.6 Å². The Morgan fingerprint density at radius 2 is 1.75 bits per heavy atom. The molecule has 1 aromatic rings. The predicted octanol–water partition coefficient (Wildman–Crippen LogP) is 0.362. The fourth-order valence-corrected chi connectivity index (χ4v) is 3.84. The highest BCUT2D eigenvalue weighted by atomic mass is 16.2. The average molecular weight is 271 g/mol. The third-order valence-electron chi connectivity index (χ3n) is 5.10. The molecule has 5 heteroatoms.